The molecule has 0 N–H and O–H groups in total. The Morgan fingerprint density at radius 3 is 2.00 bits per heavy atom. The molecule has 0 aliphatic rings. The Hall–Kier alpha value is -3.44. The standard InChI is InChI=1S/C25H21O4S/c1-17(2)25(27)29-16-15-28-18-11-13-19(14-12-18)30-22-9-5-3-7-20(22)24(26)21-8-4-6-10-23(21)30/h3-14H,1,15-16H2,2H3/q+1. The van der Waals surface area contributed by atoms with E-state index in [1.807, 2.05) is 72.8 Å². The van der Waals surface area contributed by atoms with Crippen LogP contribution in [0.1, 0.15) is 6.92 Å². The molecular formula is C25H21O4S+. The summed E-state index contributed by atoms with van der Waals surface area (Å²) in [6.45, 7) is 5.59. The fraction of sp³-hybridized carbons (Fsp3) is 0.120. The van der Waals surface area contributed by atoms with Crippen molar-refractivity contribution in [2.24, 2.45) is 0 Å². The van der Waals surface area contributed by atoms with Crippen molar-refractivity contribution in [3.8, 4) is 10.6 Å². The van der Waals surface area contributed by atoms with Crippen molar-refractivity contribution < 1.29 is 14.3 Å². The van der Waals surface area contributed by atoms with E-state index in [0.717, 1.165) is 25.1 Å². The molecule has 0 aliphatic heterocycles. The molecule has 1 heterocycles. The van der Waals surface area contributed by atoms with Crippen LogP contribution in [-0.4, -0.2) is 19.2 Å². The second-order valence-corrected chi connectivity index (χ2v) is 8.83. The number of hydrogen-bond acceptors (Lipinski definition) is 4. The summed E-state index contributed by atoms with van der Waals surface area (Å²) in [5.74, 6) is 0.280. The van der Waals surface area contributed by atoms with Gasteiger partial charge in [-0.3, -0.25) is 4.79 Å². The van der Waals surface area contributed by atoms with Crippen LogP contribution in [0.5, 0.6) is 5.75 Å². The van der Waals surface area contributed by atoms with E-state index in [0.29, 0.717) is 11.3 Å². The Balaban J connectivity index is 1.64. The van der Waals surface area contributed by atoms with Crippen molar-refractivity contribution in [3.63, 3.8) is 0 Å². The Bertz CT molecular complexity index is 1240. The Kier molecular flexibility index (Phi) is 5.63. The van der Waals surface area contributed by atoms with Crippen LogP contribution in [-0.2, 0) is 9.53 Å². The quantitative estimate of drug-likeness (QED) is 0.135. The molecular weight excluding hydrogens is 396 g/mol. The normalized spacial score (nSPS) is 10.8. The number of esters is 1. The Morgan fingerprint density at radius 2 is 1.43 bits per heavy atom. The zero-order chi connectivity index (χ0) is 21.1. The number of carbonyl (C=O) groups excluding carboxylic acids is 1. The molecule has 0 bridgehead atoms. The zero-order valence-electron chi connectivity index (χ0n) is 16.6. The van der Waals surface area contributed by atoms with Gasteiger partial charge in [0, 0.05) is 28.2 Å². The van der Waals surface area contributed by atoms with Crippen molar-refractivity contribution in [2.45, 2.75) is 6.92 Å². The second-order valence-electron chi connectivity index (χ2n) is 6.86. The van der Waals surface area contributed by atoms with E-state index in [2.05, 4.69) is 6.58 Å². The van der Waals surface area contributed by atoms with Gasteiger partial charge in [-0.25, -0.2) is 4.79 Å². The highest BCUT2D eigenvalue weighted by Gasteiger charge is 2.22. The summed E-state index contributed by atoms with van der Waals surface area (Å²) < 4.78 is 12.8. The largest absolute Gasteiger partial charge is 0.490 e. The fourth-order valence-corrected chi connectivity index (χ4v) is 5.61. The third-order valence-electron chi connectivity index (χ3n) is 4.70. The van der Waals surface area contributed by atoms with Gasteiger partial charge in [-0.05, 0) is 43.3 Å². The van der Waals surface area contributed by atoms with Gasteiger partial charge in [-0.2, -0.15) is 0 Å². The lowest BCUT2D eigenvalue weighted by Gasteiger charge is -2.07. The number of fused-ring (bicyclic) bond motifs is 2. The van der Waals surface area contributed by atoms with E-state index >= 15 is 0 Å². The maximum absolute atomic E-state index is 12.9. The van der Waals surface area contributed by atoms with Crippen LogP contribution >= 0.6 is 10.5 Å². The summed E-state index contributed by atoms with van der Waals surface area (Å²) in [7, 11) is -0.361. The zero-order valence-corrected chi connectivity index (χ0v) is 17.4. The molecule has 0 fully saturated rings. The topological polar surface area (TPSA) is 52.6 Å². The molecule has 5 heteroatoms. The van der Waals surface area contributed by atoms with Gasteiger partial charge in [0.15, 0.2) is 14.3 Å². The lowest BCUT2D eigenvalue weighted by Crippen LogP contribution is -2.12. The summed E-state index contributed by atoms with van der Waals surface area (Å²) in [5.41, 5.74) is 0.445. The van der Waals surface area contributed by atoms with Crippen molar-refractivity contribution in [2.75, 3.05) is 13.2 Å². The monoisotopic (exact) mass is 417 g/mol. The van der Waals surface area contributed by atoms with E-state index in [-0.39, 0.29) is 29.1 Å². The molecule has 0 spiro atoms. The van der Waals surface area contributed by atoms with Crippen LogP contribution < -0.4 is 10.2 Å². The minimum absolute atomic E-state index is 0.0780. The van der Waals surface area contributed by atoms with E-state index in [1.54, 1.807) is 6.92 Å². The van der Waals surface area contributed by atoms with Gasteiger partial charge < -0.3 is 9.47 Å². The maximum atomic E-state index is 12.9. The van der Waals surface area contributed by atoms with Crippen LogP contribution in [0.15, 0.2) is 89.7 Å². The van der Waals surface area contributed by atoms with Crippen LogP contribution in [0, 0.1) is 0 Å². The average molecular weight is 418 g/mol. The maximum Gasteiger partial charge on any atom is 0.333 e. The molecule has 3 aromatic carbocycles. The average Bonchev–Trinajstić information content (AvgIpc) is 2.77. The summed E-state index contributed by atoms with van der Waals surface area (Å²) in [5, 5.41) is 1.53. The molecule has 0 amide bonds. The van der Waals surface area contributed by atoms with Gasteiger partial charge in [0.25, 0.3) is 0 Å². The molecule has 0 radical (unpaired) electrons. The van der Waals surface area contributed by atoms with E-state index in [4.69, 9.17) is 9.47 Å². The lowest BCUT2D eigenvalue weighted by molar-refractivity contribution is -0.139. The highest BCUT2D eigenvalue weighted by atomic mass is 32.2. The van der Waals surface area contributed by atoms with Crippen molar-refractivity contribution in [3.05, 3.63) is 95.2 Å². The minimum Gasteiger partial charge on any atom is -0.490 e. The molecule has 4 aromatic rings. The third kappa shape index (κ3) is 3.84. The first-order chi connectivity index (χ1) is 14.6. The van der Waals surface area contributed by atoms with Crippen LogP contribution in [0.2, 0.25) is 0 Å². The number of carbonyl (C=O) groups is 1. The van der Waals surface area contributed by atoms with Crippen LogP contribution in [0.4, 0.5) is 0 Å². The highest BCUT2D eigenvalue weighted by molar-refractivity contribution is 7.49. The lowest BCUT2D eigenvalue weighted by atomic mass is 10.2. The fourth-order valence-electron chi connectivity index (χ4n) is 3.27. The smallest absolute Gasteiger partial charge is 0.333 e. The molecule has 0 unspecified atom stereocenters. The van der Waals surface area contributed by atoms with Gasteiger partial charge in [-0.15, -0.1) is 0 Å². The second kappa shape index (κ2) is 8.51. The molecule has 30 heavy (non-hydrogen) atoms. The third-order valence-corrected chi connectivity index (χ3v) is 7.03. The van der Waals surface area contributed by atoms with Crippen LogP contribution in [0.3, 0.4) is 0 Å². The first-order valence-electron chi connectivity index (χ1n) is 9.59. The Morgan fingerprint density at radius 1 is 0.867 bits per heavy atom. The van der Waals surface area contributed by atoms with Crippen molar-refractivity contribution in [1.29, 1.82) is 0 Å². The summed E-state index contributed by atoms with van der Waals surface area (Å²) in [6, 6.07) is 23.5. The number of benzene rings is 3. The van der Waals surface area contributed by atoms with Gasteiger partial charge >= 0.3 is 5.97 Å². The summed E-state index contributed by atoms with van der Waals surface area (Å²) in [4.78, 5) is 25.4. The molecule has 0 aliphatic carbocycles. The number of rotatable bonds is 6. The Labute approximate surface area is 177 Å². The highest BCUT2D eigenvalue weighted by Crippen LogP contribution is 2.43. The van der Waals surface area contributed by atoms with Gasteiger partial charge in [0.2, 0.25) is 5.43 Å². The molecule has 150 valence electrons. The number of hydrogen-bond donors (Lipinski definition) is 0. The molecule has 0 saturated heterocycles. The van der Waals surface area contributed by atoms with Gasteiger partial charge in [0.05, 0.1) is 10.8 Å². The minimum atomic E-state index is -0.417. The van der Waals surface area contributed by atoms with Gasteiger partial charge in [-0.1, -0.05) is 30.8 Å². The first kappa shape index (κ1) is 19.9. The van der Waals surface area contributed by atoms with Crippen LogP contribution in [0.25, 0.3) is 25.1 Å². The van der Waals surface area contributed by atoms with E-state index in [9.17, 15) is 9.59 Å². The summed E-state index contributed by atoms with van der Waals surface area (Å²) in [6.07, 6.45) is 0. The number of ether oxygens (including phenoxy) is 2. The van der Waals surface area contributed by atoms with Crippen molar-refractivity contribution in [1.82, 2.24) is 0 Å². The predicted octanol–water partition coefficient (Wildman–Crippen LogP) is 5.59. The first-order valence-corrected chi connectivity index (χ1v) is 10.8. The predicted molar refractivity (Wildman–Crippen MR) is 123 cm³/mol. The molecule has 4 rings (SSSR count). The summed E-state index contributed by atoms with van der Waals surface area (Å²) >= 11 is 0. The molecule has 0 saturated carbocycles. The molecule has 0 atom stereocenters. The molecule has 4 nitrogen and oxygen atoms in total. The van der Waals surface area contributed by atoms with E-state index in [1.165, 1.54) is 0 Å². The molecule has 1 aromatic heterocycles. The van der Waals surface area contributed by atoms with E-state index < -0.39 is 5.97 Å². The SMILES string of the molecule is C=C(C)C(=O)OCCOc1ccc(-[s+]2c3ccccc3c(=O)c3ccccc32)cc1. The van der Waals surface area contributed by atoms with Crippen molar-refractivity contribution >= 4 is 36.6 Å². The van der Waals surface area contributed by atoms with Gasteiger partial charge in [0.1, 0.15) is 19.0 Å².